The number of aromatic nitrogens is 1. The first-order valence-corrected chi connectivity index (χ1v) is 11.9. The van der Waals surface area contributed by atoms with Crippen LogP contribution in [-0.2, 0) is 24.9 Å². The van der Waals surface area contributed by atoms with Crippen LogP contribution in [0, 0.1) is 12.7 Å². The quantitative estimate of drug-likeness (QED) is 0.119. The molecule has 0 fully saturated rings. The number of carbonyl (C=O) groups is 1. The van der Waals surface area contributed by atoms with Gasteiger partial charge >= 0.3 is 0 Å². The number of nitrogens with zero attached hydrogens (tertiary/aromatic N) is 3. The zero-order valence-corrected chi connectivity index (χ0v) is 23.1. The molecule has 1 aliphatic rings. The summed E-state index contributed by atoms with van der Waals surface area (Å²) in [6.07, 6.45) is 1.17. The number of carbonyl (C=O) groups excluding carboxylic acids is 1. The summed E-state index contributed by atoms with van der Waals surface area (Å²) >= 11 is 0. The number of benzene rings is 4. The Balaban J connectivity index is 0.000000313. The predicted octanol–water partition coefficient (Wildman–Crippen LogP) is 7.38. The second-order valence-corrected chi connectivity index (χ2v) is 9.15. The zero-order chi connectivity index (χ0) is 25.0. The van der Waals surface area contributed by atoms with Gasteiger partial charge < -0.3 is 19.3 Å². The van der Waals surface area contributed by atoms with Gasteiger partial charge in [-0.25, -0.2) is 0 Å². The predicted molar refractivity (Wildman–Crippen MR) is 148 cm³/mol. The van der Waals surface area contributed by atoms with Crippen LogP contribution in [-0.4, -0.2) is 22.3 Å². The molecule has 187 valence electrons. The molecule has 1 radical (unpaired) electrons. The summed E-state index contributed by atoms with van der Waals surface area (Å²) in [4.78, 5) is 14.4. The minimum absolute atomic E-state index is 0. The molecule has 5 nitrogen and oxygen atoms in total. The van der Waals surface area contributed by atoms with Crippen molar-refractivity contribution in [2.75, 3.05) is 16.8 Å². The molecule has 1 aliphatic heterocycles. The molecule has 6 heteroatoms. The van der Waals surface area contributed by atoms with Gasteiger partial charge in [-0.15, -0.1) is 17.1 Å². The fourth-order valence-corrected chi connectivity index (χ4v) is 5.24. The van der Waals surface area contributed by atoms with Gasteiger partial charge in [-0.1, -0.05) is 54.0 Å². The second-order valence-electron chi connectivity index (χ2n) is 9.15. The second kappa shape index (κ2) is 9.55. The molecule has 0 spiro atoms. The molecule has 0 amide bonds. The van der Waals surface area contributed by atoms with Gasteiger partial charge in [-0.05, 0) is 44.5 Å². The van der Waals surface area contributed by atoms with Gasteiger partial charge in [0, 0.05) is 53.8 Å². The fourth-order valence-electron chi connectivity index (χ4n) is 5.24. The first-order chi connectivity index (χ1) is 17.4. The van der Waals surface area contributed by atoms with Gasteiger partial charge in [0.25, 0.3) is 0 Å². The van der Waals surface area contributed by atoms with Crippen LogP contribution in [0.3, 0.4) is 0 Å². The van der Waals surface area contributed by atoms with Gasteiger partial charge in [0.15, 0.2) is 5.78 Å². The molecule has 2 aromatic heterocycles. The number of para-hydroxylation sites is 4. The Hall–Kier alpha value is -3.86. The standard InChI is InChI=1S/C26H17N3.C5H8O2.Ir/c1-27-16-28(24-12-5-4-11-23(24)27)17-13-14-19-21-9-6-8-20-18-7-2-3-10-22(18)29(26(20)21)25(19)15-17;1-4(6)3-5(2)7;/h2-12,14-16H,1H3;3,6H,1-2H3;/q-2;;/b;4-3-;. The summed E-state index contributed by atoms with van der Waals surface area (Å²) in [5.74, 6) is -0.0625. The van der Waals surface area contributed by atoms with Crippen LogP contribution in [0.15, 0.2) is 90.7 Å². The average molecular weight is 664 g/mol. The molecule has 0 saturated carbocycles. The van der Waals surface area contributed by atoms with E-state index in [1.807, 2.05) is 0 Å². The summed E-state index contributed by atoms with van der Waals surface area (Å²) < 4.78 is 2.42. The van der Waals surface area contributed by atoms with Crippen molar-refractivity contribution >= 4 is 60.9 Å². The molecule has 0 unspecified atom stereocenters. The average Bonchev–Trinajstić information content (AvgIpc) is 3.50. The summed E-state index contributed by atoms with van der Waals surface area (Å²) in [6, 6.07) is 31.7. The molecule has 0 saturated heterocycles. The largest absolute Gasteiger partial charge is 0.512 e. The van der Waals surface area contributed by atoms with Crippen LogP contribution in [0.25, 0.3) is 38.1 Å². The number of ketones is 1. The molecule has 0 aliphatic carbocycles. The first-order valence-electron chi connectivity index (χ1n) is 11.9. The SMILES string of the molecule is CC(=O)/C=C(/C)O.CN1[CH-]N(c2[c-]cc3c4cccc5c6ccccc6n(c3c2)c54)c2ccccc21.[Ir]. The summed E-state index contributed by atoms with van der Waals surface area (Å²) in [7, 11) is 2.09. The van der Waals surface area contributed by atoms with E-state index in [0.29, 0.717) is 0 Å². The van der Waals surface area contributed by atoms with Crippen molar-refractivity contribution in [3.8, 4) is 0 Å². The summed E-state index contributed by atoms with van der Waals surface area (Å²) in [6.45, 7) is 4.98. The van der Waals surface area contributed by atoms with E-state index in [2.05, 4.69) is 113 Å². The number of aliphatic hydroxyl groups is 1. The maximum absolute atomic E-state index is 10.0. The van der Waals surface area contributed by atoms with E-state index in [1.165, 1.54) is 69.4 Å². The summed E-state index contributed by atoms with van der Waals surface area (Å²) in [5.41, 5.74) is 7.24. The van der Waals surface area contributed by atoms with Crippen LogP contribution in [0.4, 0.5) is 17.1 Å². The number of fused-ring (bicyclic) bond motifs is 7. The van der Waals surface area contributed by atoms with Gasteiger partial charge in [-0.3, -0.25) is 4.79 Å². The number of rotatable bonds is 2. The number of allylic oxidation sites excluding steroid dienone is 2. The van der Waals surface area contributed by atoms with Crippen LogP contribution in [0.1, 0.15) is 13.8 Å². The van der Waals surface area contributed by atoms with E-state index in [1.54, 1.807) is 0 Å². The monoisotopic (exact) mass is 664 g/mol. The van der Waals surface area contributed by atoms with E-state index in [-0.39, 0.29) is 31.6 Å². The molecule has 0 atom stereocenters. The van der Waals surface area contributed by atoms with Gasteiger partial charge in [0.05, 0.1) is 11.3 Å². The van der Waals surface area contributed by atoms with Gasteiger partial charge in [-0.2, -0.15) is 18.8 Å². The normalized spacial score (nSPS) is 13.2. The molecular formula is C31H25IrN3O2-2. The van der Waals surface area contributed by atoms with Crippen molar-refractivity contribution in [2.24, 2.45) is 0 Å². The zero-order valence-electron chi connectivity index (χ0n) is 20.7. The van der Waals surface area contributed by atoms with E-state index in [0.717, 1.165) is 5.69 Å². The van der Waals surface area contributed by atoms with E-state index in [4.69, 9.17) is 5.11 Å². The van der Waals surface area contributed by atoms with Crippen molar-refractivity contribution in [3.05, 3.63) is 103 Å². The van der Waals surface area contributed by atoms with Crippen molar-refractivity contribution in [2.45, 2.75) is 13.8 Å². The van der Waals surface area contributed by atoms with Crippen molar-refractivity contribution in [1.29, 1.82) is 0 Å². The molecular weight excluding hydrogens is 639 g/mol. The van der Waals surface area contributed by atoms with Crippen molar-refractivity contribution < 1.29 is 30.0 Å². The Labute approximate surface area is 228 Å². The van der Waals surface area contributed by atoms with E-state index < -0.39 is 0 Å². The van der Waals surface area contributed by atoms with Crippen LogP contribution < -0.4 is 9.80 Å². The minimum atomic E-state index is -0.125. The van der Waals surface area contributed by atoms with Gasteiger partial charge in [0.2, 0.25) is 0 Å². The number of hydrogen-bond acceptors (Lipinski definition) is 4. The Kier molecular flexibility index (Phi) is 6.40. The third-order valence-corrected chi connectivity index (χ3v) is 6.62. The van der Waals surface area contributed by atoms with E-state index in [9.17, 15) is 4.79 Å². The van der Waals surface area contributed by atoms with E-state index >= 15 is 0 Å². The van der Waals surface area contributed by atoms with Crippen molar-refractivity contribution in [3.63, 3.8) is 0 Å². The molecule has 7 rings (SSSR count). The Bertz CT molecular complexity index is 1800. The minimum Gasteiger partial charge on any atom is -0.512 e. The number of anilines is 3. The molecule has 3 heterocycles. The molecule has 4 aromatic carbocycles. The number of hydrogen-bond donors (Lipinski definition) is 1. The first kappa shape index (κ1) is 24.8. The van der Waals surface area contributed by atoms with Gasteiger partial charge in [0.1, 0.15) is 0 Å². The van der Waals surface area contributed by atoms with Crippen LogP contribution >= 0.6 is 0 Å². The maximum Gasteiger partial charge on any atom is 0.155 e. The topological polar surface area (TPSA) is 48.2 Å². The molecule has 37 heavy (non-hydrogen) atoms. The smallest absolute Gasteiger partial charge is 0.155 e. The van der Waals surface area contributed by atoms with Crippen LogP contribution in [0.5, 0.6) is 0 Å². The Morgan fingerprint density at radius 3 is 2.22 bits per heavy atom. The molecule has 6 aromatic rings. The third-order valence-electron chi connectivity index (χ3n) is 6.62. The molecule has 0 bridgehead atoms. The Morgan fingerprint density at radius 2 is 1.51 bits per heavy atom. The van der Waals surface area contributed by atoms with Crippen LogP contribution in [0.2, 0.25) is 0 Å². The maximum atomic E-state index is 10.0. The Morgan fingerprint density at radius 1 is 0.865 bits per heavy atom. The summed E-state index contributed by atoms with van der Waals surface area (Å²) in [5, 5.41) is 13.5. The molecule has 1 N–H and O–H groups in total. The third kappa shape index (κ3) is 4.03. The fraction of sp³-hybridized carbons (Fsp3) is 0.0968. The number of aliphatic hydroxyl groups excluding tert-OH is 1. The van der Waals surface area contributed by atoms with Crippen molar-refractivity contribution in [1.82, 2.24) is 4.40 Å².